The second kappa shape index (κ2) is 10.4. The van der Waals surface area contributed by atoms with Crippen LogP contribution < -0.4 is 5.56 Å². The third-order valence-electron chi connectivity index (χ3n) is 5.30. The van der Waals surface area contributed by atoms with Gasteiger partial charge in [0, 0.05) is 48.2 Å². The number of hydrogen-bond acceptors (Lipinski definition) is 3. The maximum absolute atomic E-state index is 12.4. The fourth-order valence-electron chi connectivity index (χ4n) is 3.49. The Morgan fingerprint density at radius 2 is 1.68 bits per heavy atom. The summed E-state index contributed by atoms with van der Waals surface area (Å²) in [6.07, 6.45) is 5.39. The molecule has 5 nitrogen and oxygen atoms in total. The van der Waals surface area contributed by atoms with E-state index in [2.05, 4.69) is 4.98 Å². The summed E-state index contributed by atoms with van der Waals surface area (Å²) in [6, 6.07) is 20.0. The molecule has 0 fully saturated rings. The molecule has 5 rings (SSSR count). The minimum atomic E-state index is -0.439. The summed E-state index contributed by atoms with van der Waals surface area (Å²) in [5.74, 6) is 0. The van der Waals surface area contributed by atoms with Crippen LogP contribution >= 0.6 is 34.8 Å². The number of nitrogens with zero attached hydrogens (tertiary/aromatic N) is 4. The molecule has 172 valence electrons. The van der Waals surface area contributed by atoms with Crippen LogP contribution in [0.25, 0.3) is 22.2 Å². The lowest BCUT2D eigenvalue weighted by Crippen LogP contribution is -2.17. The molecule has 5 aromatic rings. The Bertz CT molecular complexity index is 1480. The molecule has 0 aliphatic heterocycles. The zero-order valence-electron chi connectivity index (χ0n) is 18.5. The van der Waals surface area contributed by atoms with Gasteiger partial charge in [-0.05, 0) is 47.5 Å². The van der Waals surface area contributed by atoms with Gasteiger partial charge >= 0.3 is 0 Å². The minimum absolute atomic E-state index is 0.114. The van der Waals surface area contributed by atoms with Crippen molar-refractivity contribution in [1.29, 1.82) is 0 Å². The van der Waals surface area contributed by atoms with Crippen molar-refractivity contribution in [3.8, 4) is 11.1 Å². The summed E-state index contributed by atoms with van der Waals surface area (Å²) < 4.78 is 3.46. The Morgan fingerprint density at radius 3 is 2.29 bits per heavy atom. The highest BCUT2D eigenvalue weighted by atomic mass is 35.5. The van der Waals surface area contributed by atoms with Gasteiger partial charge in [0.05, 0.1) is 23.1 Å². The van der Waals surface area contributed by atoms with Crippen LogP contribution in [0, 0.1) is 0 Å². The predicted molar refractivity (Wildman–Crippen MR) is 140 cm³/mol. The van der Waals surface area contributed by atoms with E-state index >= 15 is 0 Å². The Morgan fingerprint density at radius 1 is 0.912 bits per heavy atom. The van der Waals surface area contributed by atoms with Crippen LogP contribution in [0.15, 0.2) is 90.2 Å². The van der Waals surface area contributed by atoms with Crippen LogP contribution in [0.2, 0.25) is 10.0 Å². The Hall–Kier alpha value is -3.12. The van der Waals surface area contributed by atoms with Gasteiger partial charge in [-0.1, -0.05) is 47.5 Å². The highest BCUT2D eigenvalue weighted by Gasteiger charge is 2.16. The number of fused-ring (bicyclic) bond motifs is 1. The van der Waals surface area contributed by atoms with E-state index in [-0.39, 0.29) is 5.56 Å². The molecule has 34 heavy (non-hydrogen) atoms. The molecule has 1 unspecified atom stereocenters. The van der Waals surface area contributed by atoms with Gasteiger partial charge in [-0.2, -0.15) is 0 Å². The third-order valence-corrected chi connectivity index (χ3v) is 6.27. The molecule has 0 saturated heterocycles. The minimum Gasteiger partial charge on any atom is -0.341 e. The molecule has 8 heteroatoms. The fraction of sp³-hybridized carbons (Fsp3) is 0.115. The molecular weight excluding hydrogens is 491 g/mol. The molecule has 0 aliphatic rings. The zero-order chi connectivity index (χ0) is 24.2. The molecule has 0 bridgehead atoms. The summed E-state index contributed by atoms with van der Waals surface area (Å²) in [5, 5.41) is 0.808. The maximum Gasteiger partial charge on any atom is 0.251 e. The fourth-order valence-corrected chi connectivity index (χ4v) is 4.07. The summed E-state index contributed by atoms with van der Waals surface area (Å²) in [4.78, 5) is 21.0. The van der Waals surface area contributed by atoms with Crippen LogP contribution in [0.1, 0.15) is 16.6 Å². The number of pyridine rings is 2. The van der Waals surface area contributed by atoms with Gasteiger partial charge < -0.3 is 9.13 Å². The van der Waals surface area contributed by atoms with Gasteiger partial charge in [0.1, 0.15) is 5.38 Å². The number of halogens is 3. The Kier molecular flexibility index (Phi) is 7.37. The summed E-state index contributed by atoms with van der Waals surface area (Å²) in [7, 11) is 3.66. The van der Waals surface area contributed by atoms with E-state index in [0.717, 1.165) is 22.2 Å². The molecule has 0 aliphatic carbocycles. The molecule has 1 atom stereocenters. The first-order chi connectivity index (χ1) is 16.3. The number of imidazole rings is 1. The SMILES string of the molecule is Cn1c(=O)cc(-c2cccc(Cl)c2)c2nc(C(Cl)c3ccc(Cl)cc3)ccc21.Cn1ccnc1. The van der Waals surface area contributed by atoms with E-state index in [1.807, 2.05) is 60.3 Å². The highest BCUT2D eigenvalue weighted by molar-refractivity contribution is 6.31. The molecule has 0 amide bonds. The smallest absolute Gasteiger partial charge is 0.251 e. The van der Waals surface area contributed by atoms with E-state index in [1.54, 1.807) is 48.4 Å². The number of aryl methyl sites for hydroxylation is 2. The van der Waals surface area contributed by atoms with Gasteiger partial charge in [-0.15, -0.1) is 11.6 Å². The monoisotopic (exact) mass is 510 g/mol. The van der Waals surface area contributed by atoms with Crippen molar-refractivity contribution >= 4 is 45.8 Å². The van der Waals surface area contributed by atoms with Crippen LogP contribution in [0.4, 0.5) is 0 Å². The van der Waals surface area contributed by atoms with Gasteiger partial charge in [-0.25, -0.2) is 9.97 Å². The normalized spacial score (nSPS) is 11.7. The number of rotatable bonds is 3. The Labute approximate surface area is 212 Å². The van der Waals surface area contributed by atoms with E-state index < -0.39 is 5.38 Å². The second-order valence-electron chi connectivity index (χ2n) is 7.71. The van der Waals surface area contributed by atoms with Crippen molar-refractivity contribution < 1.29 is 0 Å². The van der Waals surface area contributed by atoms with Crippen LogP contribution in [-0.2, 0) is 14.1 Å². The van der Waals surface area contributed by atoms with E-state index in [1.165, 1.54) is 0 Å². The molecular formula is C26H21Cl3N4O. The standard InChI is InChI=1S/C22H15Cl3N2O.C4H6N2/c1-27-19-10-9-18(21(25)13-5-7-15(23)8-6-13)26-22(19)17(12-20(27)28)14-3-2-4-16(24)11-14;1-6-3-2-5-4-6/h2-12,21H,1H3;2-4H,1H3. The maximum atomic E-state index is 12.4. The molecule has 3 aromatic heterocycles. The first-order valence-electron chi connectivity index (χ1n) is 10.4. The van der Waals surface area contributed by atoms with Crippen LogP contribution in [0.3, 0.4) is 0 Å². The second-order valence-corrected chi connectivity index (χ2v) is 9.02. The molecule has 2 aromatic carbocycles. The zero-order valence-corrected chi connectivity index (χ0v) is 20.8. The number of hydrogen-bond donors (Lipinski definition) is 0. The quantitative estimate of drug-likeness (QED) is 0.255. The first kappa shape index (κ1) is 24.0. The van der Waals surface area contributed by atoms with Crippen molar-refractivity contribution in [2.75, 3.05) is 0 Å². The molecule has 3 heterocycles. The van der Waals surface area contributed by atoms with Crippen molar-refractivity contribution in [2.24, 2.45) is 14.1 Å². The first-order valence-corrected chi connectivity index (χ1v) is 11.6. The molecule has 0 saturated carbocycles. The molecule has 0 spiro atoms. The summed E-state index contributed by atoms with van der Waals surface area (Å²) in [5.41, 5.74) is 4.45. The van der Waals surface area contributed by atoms with E-state index in [4.69, 9.17) is 39.8 Å². The van der Waals surface area contributed by atoms with Crippen molar-refractivity contribution in [3.05, 3.63) is 117 Å². The van der Waals surface area contributed by atoms with E-state index in [9.17, 15) is 4.79 Å². The van der Waals surface area contributed by atoms with Crippen molar-refractivity contribution in [2.45, 2.75) is 5.38 Å². The third kappa shape index (κ3) is 5.33. The van der Waals surface area contributed by atoms with Crippen molar-refractivity contribution in [3.63, 3.8) is 0 Å². The lowest BCUT2D eigenvalue weighted by atomic mass is 10.0. The lowest BCUT2D eigenvalue weighted by Gasteiger charge is -2.14. The molecule has 0 radical (unpaired) electrons. The van der Waals surface area contributed by atoms with Gasteiger partial charge in [0.2, 0.25) is 0 Å². The average molecular weight is 512 g/mol. The number of alkyl halides is 1. The van der Waals surface area contributed by atoms with Crippen molar-refractivity contribution in [1.82, 2.24) is 19.1 Å². The lowest BCUT2D eigenvalue weighted by molar-refractivity contribution is 0.901. The van der Waals surface area contributed by atoms with Gasteiger partial charge in [-0.3, -0.25) is 4.79 Å². The van der Waals surface area contributed by atoms with E-state index in [0.29, 0.717) is 21.3 Å². The highest BCUT2D eigenvalue weighted by Crippen LogP contribution is 2.32. The number of aromatic nitrogens is 4. The van der Waals surface area contributed by atoms with Gasteiger partial charge in [0.25, 0.3) is 5.56 Å². The largest absolute Gasteiger partial charge is 0.341 e. The number of benzene rings is 2. The Balaban J connectivity index is 0.000000398. The van der Waals surface area contributed by atoms with Gasteiger partial charge in [0.15, 0.2) is 0 Å². The predicted octanol–water partition coefficient (Wildman–Crippen LogP) is 6.66. The summed E-state index contributed by atoms with van der Waals surface area (Å²) >= 11 is 18.8. The average Bonchev–Trinajstić information content (AvgIpc) is 3.32. The van der Waals surface area contributed by atoms with Crippen LogP contribution in [-0.4, -0.2) is 19.1 Å². The molecule has 0 N–H and O–H groups in total. The van der Waals surface area contributed by atoms with Crippen LogP contribution in [0.5, 0.6) is 0 Å². The topological polar surface area (TPSA) is 52.7 Å². The summed E-state index contributed by atoms with van der Waals surface area (Å²) in [6.45, 7) is 0.